The van der Waals surface area contributed by atoms with Crippen LogP contribution in [0.2, 0.25) is 0 Å². The van der Waals surface area contributed by atoms with Crippen LogP contribution >= 0.6 is 0 Å². The third-order valence-corrected chi connectivity index (χ3v) is 2.52. The van der Waals surface area contributed by atoms with E-state index in [9.17, 15) is 19.2 Å². The summed E-state index contributed by atoms with van der Waals surface area (Å²) < 4.78 is 4.86. The van der Waals surface area contributed by atoms with Crippen molar-refractivity contribution in [3.63, 3.8) is 0 Å². The molecular formula is C10H15N3O5. The molecule has 0 radical (unpaired) electrons. The van der Waals surface area contributed by atoms with Crippen LogP contribution < -0.4 is 11.1 Å². The summed E-state index contributed by atoms with van der Waals surface area (Å²) in [6, 6.07) is -0.785. The van der Waals surface area contributed by atoms with Crippen molar-refractivity contribution in [2.45, 2.75) is 13.8 Å². The number of carbonyl (C=O) groups excluding carboxylic acids is 4. The van der Waals surface area contributed by atoms with Crippen molar-refractivity contribution in [1.82, 2.24) is 10.2 Å². The Labute approximate surface area is 103 Å². The van der Waals surface area contributed by atoms with Crippen molar-refractivity contribution in [3.8, 4) is 0 Å². The molecule has 1 rings (SSSR count). The molecule has 1 saturated heterocycles. The molecule has 0 unspecified atom stereocenters. The minimum absolute atomic E-state index is 0.0215. The summed E-state index contributed by atoms with van der Waals surface area (Å²) in [6.07, 6.45) is 0. The fourth-order valence-corrected chi connectivity index (χ4v) is 1.38. The smallest absolute Gasteiger partial charge is 0.330 e. The first-order valence-corrected chi connectivity index (χ1v) is 5.30. The van der Waals surface area contributed by atoms with Gasteiger partial charge in [0.2, 0.25) is 17.7 Å². The Hall–Kier alpha value is -1.96. The molecule has 1 fully saturated rings. The number of imide groups is 2. The number of ether oxygens (including phenoxy) is 1. The lowest BCUT2D eigenvalue weighted by Crippen LogP contribution is -2.62. The van der Waals surface area contributed by atoms with E-state index in [-0.39, 0.29) is 19.8 Å². The van der Waals surface area contributed by atoms with Crippen molar-refractivity contribution in [2.75, 3.05) is 19.8 Å². The number of hydrogen-bond acceptors (Lipinski definition) is 5. The molecule has 3 N–H and O–H groups in total. The van der Waals surface area contributed by atoms with Gasteiger partial charge in [0.1, 0.15) is 12.0 Å². The number of hydrogen-bond donors (Lipinski definition) is 2. The highest BCUT2D eigenvalue weighted by atomic mass is 16.5. The average molecular weight is 257 g/mol. The number of nitrogens with two attached hydrogens (primary N) is 1. The van der Waals surface area contributed by atoms with Gasteiger partial charge in [-0.1, -0.05) is 0 Å². The number of rotatable bonds is 5. The molecule has 5 amide bonds. The topological polar surface area (TPSA) is 119 Å². The van der Waals surface area contributed by atoms with Gasteiger partial charge in [0, 0.05) is 0 Å². The molecule has 0 saturated carbocycles. The number of primary amides is 1. The molecule has 0 aliphatic carbocycles. The molecule has 8 nitrogen and oxygen atoms in total. The first-order valence-electron chi connectivity index (χ1n) is 5.30. The Morgan fingerprint density at radius 2 is 2.00 bits per heavy atom. The lowest BCUT2D eigenvalue weighted by atomic mass is 9.89. The maximum absolute atomic E-state index is 11.9. The quantitative estimate of drug-likeness (QED) is 0.463. The molecule has 1 aliphatic heterocycles. The molecule has 1 aliphatic rings. The number of barbiturate groups is 1. The van der Waals surface area contributed by atoms with Gasteiger partial charge in [-0.3, -0.25) is 24.6 Å². The largest absolute Gasteiger partial charge is 0.370 e. The van der Waals surface area contributed by atoms with Gasteiger partial charge in [-0.25, -0.2) is 4.79 Å². The number of urea groups is 1. The van der Waals surface area contributed by atoms with E-state index in [1.165, 1.54) is 13.8 Å². The normalized spacial score (nSPS) is 18.8. The van der Waals surface area contributed by atoms with Gasteiger partial charge in [0.05, 0.1) is 13.2 Å². The van der Waals surface area contributed by atoms with E-state index in [0.717, 1.165) is 4.90 Å². The zero-order valence-corrected chi connectivity index (χ0v) is 10.2. The van der Waals surface area contributed by atoms with Crippen LogP contribution in [0.3, 0.4) is 0 Å². The van der Waals surface area contributed by atoms with Gasteiger partial charge < -0.3 is 10.5 Å². The molecule has 0 aromatic rings. The number of amides is 5. The Morgan fingerprint density at radius 3 is 2.56 bits per heavy atom. The van der Waals surface area contributed by atoms with E-state index in [4.69, 9.17) is 10.5 Å². The van der Waals surface area contributed by atoms with Crippen LogP contribution in [0.25, 0.3) is 0 Å². The van der Waals surface area contributed by atoms with Crippen molar-refractivity contribution in [1.29, 1.82) is 0 Å². The van der Waals surface area contributed by atoms with E-state index in [1.54, 1.807) is 0 Å². The average Bonchev–Trinajstić information content (AvgIpc) is 2.25. The summed E-state index contributed by atoms with van der Waals surface area (Å²) in [6.45, 7) is 2.50. The predicted octanol–water partition coefficient (Wildman–Crippen LogP) is -1.41. The maximum Gasteiger partial charge on any atom is 0.330 e. The molecular weight excluding hydrogens is 242 g/mol. The highest BCUT2D eigenvalue weighted by Gasteiger charge is 2.46. The number of carbonyl (C=O) groups is 4. The minimum Gasteiger partial charge on any atom is -0.370 e. The zero-order chi connectivity index (χ0) is 13.9. The second-order valence-electron chi connectivity index (χ2n) is 4.36. The minimum atomic E-state index is -1.29. The van der Waals surface area contributed by atoms with Crippen molar-refractivity contribution in [2.24, 2.45) is 11.1 Å². The van der Waals surface area contributed by atoms with Crippen molar-refractivity contribution in [3.05, 3.63) is 0 Å². The highest BCUT2D eigenvalue weighted by Crippen LogP contribution is 2.22. The number of nitrogens with one attached hydrogen (secondary N) is 1. The van der Waals surface area contributed by atoms with Crippen LogP contribution in [0.4, 0.5) is 4.79 Å². The maximum atomic E-state index is 11.9. The summed E-state index contributed by atoms with van der Waals surface area (Å²) in [5, 5.41) is 2.08. The highest BCUT2D eigenvalue weighted by molar-refractivity contribution is 6.18. The third-order valence-electron chi connectivity index (χ3n) is 2.52. The predicted molar refractivity (Wildman–Crippen MR) is 59.0 cm³/mol. The van der Waals surface area contributed by atoms with E-state index in [1.807, 2.05) is 0 Å². The zero-order valence-electron chi connectivity index (χ0n) is 10.2. The van der Waals surface area contributed by atoms with Crippen LogP contribution in [-0.4, -0.2) is 48.4 Å². The van der Waals surface area contributed by atoms with Crippen molar-refractivity contribution >= 4 is 23.8 Å². The third kappa shape index (κ3) is 2.83. The number of nitrogens with zero attached hydrogens (tertiary/aromatic N) is 1. The fraction of sp³-hybridized carbons (Fsp3) is 0.600. The van der Waals surface area contributed by atoms with Crippen molar-refractivity contribution < 1.29 is 23.9 Å². The van der Waals surface area contributed by atoms with E-state index < -0.39 is 29.2 Å². The summed E-state index contributed by atoms with van der Waals surface area (Å²) in [7, 11) is 0. The van der Waals surface area contributed by atoms with Crippen LogP contribution in [-0.2, 0) is 19.1 Å². The second kappa shape index (κ2) is 5.13. The first kappa shape index (κ1) is 14.1. The molecule has 0 bridgehead atoms. The molecule has 100 valence electrons. The van der Waals surface area contributed by atoms with Gasteiger partial charge in [-0.15, -0.1) is 0 Å². The lowest BCUT2D eigenvalue weighted by Gasteiger charge is -2.34. The van der Waals surface area contributed by atoms with Gasteiger partial charge in [0.15, 0.2) is 0 Å². The van der Waals surface area contributed by atoms with Gasteiger partial charge in [-0.2, -0.15) is 0 Å². The van der Waals surface area contributed by atoms with Gasteiger partial charge >= 0.3 is 6.03 Å². The second-order valence-corrected chi connectivity index (χ2v) is 4.36. The summed E-state index contributed by atoms with van der Waals surface area (Å²) in [4.78, 5) is 46.1. The van der Waals surface area contributed by atoms with Crippen LogP contribution in [0.15, 0.2) is 0 Å². The van der Waals surface area contributed by atoms with E-state index in [0.29, 0.717) is 0 Å². The SMILES string of the molecule is CC1(C)C(=O)NC(=O)N(CCOCC(N)=O)C1=O. The molecule has 0 aromatic carbocycles. The molecule has 8 heteroatoms. The molecule has 0 spiro atoms. The molecule has 18 heavy (non-hydrogen) atoms. The molecule has 0 atom stereocenters. The van der Waals surface area contributed by atoms with E-state index >= 15 is 0 Å². The monoisotopic (exact) mass is 257 g/mol. The van der Waals surface area contributed by atoms with Gasteiger partial charge in [-0.05, 0) is 13.8 Å². The molecule has 1 heterocycles. The Bertz CT molecular complexity index is 404. The van der Waals surface area contributed by atoms with Crippen LogP contribution in [0.1, 0.15) is 13.8 Å². The van der Waals surface area contributed by atoms with Gasteiger partial charge in [0.25, 0.3) is 0 Å². The first-order chi connectivity index (χ1) is 8.26. The van der Waals surface area contributed by atoms with Crippen LogP contribution in [0, 0.1) is 5.41 Å². The fourth-order valence-electron chi connectivity index (χ4n) is 1.38. The summed E-state index contributed by atoms with van der Waals surface area (Å²) in [5.74, 6) is -1.87. The van der Waals surface area contributed by atoms with Crippen LogP contribution in [0.5, 0.6) is 0 Å². The Morgan fingerprint density at radius 1 is 1.39 bits per heavy atom. The summed E-state index contributed by atoms with van der Waals surface area (Å²) >= 11 is 0. The molecule has 0 aromatic heterocycles. The lowest BCUT2D eigenvalue weighted by molar-refractivity contribution is -0.149. The Kier molecular flexibility index (Phi) is 4.02. The summed E-state index contributed by atoms with van der Waals surface area (Å²) in [5.41, 5.74) is 3.57. The van der Waals surface area contributed by atoms with E-state index in [2.05, 4.69) is 5.32 Å². The standard InChI is InChI=1S/C10H15N3O5/c1-10(2)7(15)12-9(17)13(8(10)16)3-4-18-5-6(11)14/h3-5H2,1-2H3,(H2,11,14)(H,12,15,17). The Balaban J connectivity index is 2.59.